The van der Waals surface area contributed by atoms with Gasteiger partial charge in [0.15, 0.2) is 14.1 Å². The van der Waals surface area contributed by atoms with E-state index in [-0.39, 0.29) is 11.3 Å². The van der Waals surface area contributed by atoms with Gasteiger partial charge in [0.05, 0.1) is 18.6 Å². The molecule has 0 N–H and O–H groups in total. The highest BCUT2D eigenvalue weighted by Gasteiger charge is 2.68. The van der Waals surface area contributed by atoms with Crippen molar-refractivity contribution in [3.8, 4) is 0 Å². The Bertz CT molecular complexity index is 632. The molecule has 31 heavy (non-hydrogen) atoms. The molecule has 180 valence electrons. The lowest BCUT2D eigenvalue weighted by Crippen LogP contribution is -2.66. The van der Waals surface area contributed by atoms with Gasteiger partial charge < -0.3 is 13.9 Å². The second-order valence-electron chi connectivity index (χ2n) is 12.0. The number of hydrogen-bond acceptors (Lipinski definition) is 4. The summed E-state index contributed by atoms with van der Waals surface area (Å²) in [5.41, 5.74) is 1.28. The third-order valence-electron chi connectivity index (χ3n) is 9.93. The maximum atomic E-state index is 13.5. The second-order valence-corrected chi connectivity index (χ2v) is 17.5. The monoisotopic (exact) mass is 452 g/mol. The molecule has 4 atom stereocenters. The van der Waals surface area contributed by atoms with Crippen molar-refractivity contribution in [1.82, 2.24) is 0 Å². The fraction of sp³-hybridized carbons (Fsp3) is 0.962. The summed E-state index contributed by atoms with van der Waals surface area (Å²) in [6, 6.07) is 0. The van der Waals surface area contributed by atoms with Crippen LogP contribution in [0.15, 0.2) is 0 Å². The van der Waals surface area contributed by atoms with E-state index in [1.165, 1.54) is 0 Å². The number of rotatable bonds is 7. The Morgan fingerprint density at radius 1 is 1.03 bits per heavy atom. The van der Waals surface area contributed by atoms with Crippen LogP contribution in [0.25, 0.3) is 0 Å². The summed E-state index contributed by atoms with van der Waals surface area (Å²) in [4.78, 5) is 13.5. The maximum Gasteiger partial charge on any atom is 0.200 e. The van der Waals surface area contributed by atoms with E-state index in [4.69, 9.17) is 13.9 Å². The van der Waals surface area contributed by atoms with E-state index >= 15 is 0 Å². The minimum Gasteiger partial charge on any atom is -0.416 e. The van der Waals surface area contributed by atoms with E-state index in [1.54, 1.807) is 0 Å². The number of hydrogen-bond donors (Lipinski definition) is 0. The summed E-state index contributed by atoms with van der Waals surface area (Å²) < 4.78 is 19.5. The van der Waals surface area contributed by atoms with Crippen LogP contribution >= 0.6 is 0 Å². The van der Waals surface area contributed by atoms with Crippen molar-refractivity contribution < 1.29 is 18.7 Å². The first-order valence-electron chi connectivity index (χ1n) is 12.8. The van der Waals surface area contributed by atoms with E-state index in [0.717, 1.165) is 32.3 Å². The molecule has 4 nitrogen and oxygen atoms in total. The average molecular weight is 453 g/mol. The van der Waals surface area contributed by atoms with Gasteiger partial charge >= 0.3 is 0 Å². The minimum atomic E-state index is -1.89. The normalized spacial score (nSPS) is 36.1. The number of fused-ring (bicyclic) bond motifs is 2. The van der Waals surface area contributed by atoms with Crippen LogP contribution < -0.4 is 0 Å². The zero-order chi connectivity index (χ0) is 23.2. The van der Waals surface area contributed by atoms with Gasteiger partial charge in [-0.2, -0.15) is 0 Å². The van der Waals surface area contributed by atoms with Crippen LogP contribution in [0.3, 0.4) is 0 Å². The number of carbonyl (C=O) groups is 1. The first kappa shape index (κ1) is 25.4. The van der Waals surface area contributed by atoms with E-state index < -0.39 is 19.5 Å². The Balaban J connectivity index is 1.87. The van der Waals surface area contributed by atoms with E-state index in [2.05, 4.69) is 62.3 Å². The van der Waals surface area contributed by atoms with Crippen LogP contribution in [0.1, 0.15) is 94.4 Å². The van der Waals surface area contributed by atoms with Gasteiger partial charge in [0, 0.05) is 19.4 Å². The summed E-state index contributed by atoms with van der Waals surface area (Å²) in [7, 11) is -1.89. The van der Waals surface area contributed by atoms with E-state index in [1.807, 2.05) is 0 Å². The summed E-state index contributed by atoms with van der Waals surface area (Å²) in [6.45, 7) is 23.0. The predicted molar refractivity (Wildman–Crippen MR) is 129 cm³/mol. The highest BCUT2D eigenvalue weighted by Crippen LogP contribution is 2.64. The topological polar surface area (TPSA) is 44.8 Å². The van der Waals surface area contributed by atoms with Gasteiger partial charge in [-0.3, -0.25) is 4.79 Å². The van der Waals surface area contributed by atoms with Gasteiger partial charge in [-0.25, -0.2) is 0 Å². The molecular formula is C26H48O4Si. The molecule has 0 aromatic heterocycles. The Morgan fingerprint density at radius 2 is 1.58 bits per heavy atom. The van der Waals surface area contributed by atoms with E-state index in [9.17, 15) is 4.79 Å². The summed E-state index contributed by atoms with van der Waals surface area (Å²) in [6.07, 6.45) is 4.63. The lowest BCUT2D eigenvalue weighted by Gasteiger charge is -2.61. The lowest BCUT2D eigenvalue weighted by molar-refractivity contribution is -0.281. The van der Waals surface area contributed by atoms with E-state index in [0.29, 0.717) is 48.0 Å². The molecule has 0 amide bonds. The van der Waals surface area contributed by atoms with Crippen molar-refractivity contribution in [1.29, 1.82) is 0 Å². The second kappa shape index (κ2) is 8.85. The third-order valence-corrected chi connectivity index (χ3v) is 16.1. The van der Waals surface area contributed by atoms with Crippen LogP contribution in [-0.2, 0) is 18.7 Å². The van der Waals surface area contributed by atoms with Crippen molar-refractivity contribution in [2.45, 2.75) is 117 Å². The quantitative estimate of drug-likeness (QED) is 0.402. The number of Topliss-reactive ketones (excluding diaryl/α,β-unsaturated/α-hetero) is 1. The molecule has 1 saturated heterocycles. The molecule has 5 heteroatoms. The van der Waals surface area contributed by atoms with Gasteiger partial charge in [0.1, 0.15) is 5.78 Å². The van der Waals surface area contributed by atoms with Gasteiger partial charge in [0.25, 0.3) is 0 Å². The Kier molecular flexibility index (Phi) is 7.25. The molecule has 0 unspecified atom stereocenters. The number of carbonyl (C=O) groups excluding carboxylic acids is 1. The molecule has 2 aliphatic carbocycles. The largest absolute Gasteiger partial charge is 0.416 e. The first-order valence-corrected chi connectivity index (χ1v) is 15.0. The lowest BCUT2D eigenvalue weighted by atomic mass is 9.45. The highest BCUT2D eigenvalue weighted by atomic mass is 28.4. The van der Waals surface area contributed by atoms with Crippen molar-refractivity contribution in [3.05, 3.63) is 0 Å². The fourth-order valence-corrected chi connectivity index (χ4v) is 13.5. The highest BCUT2D eigenvalue weighted by molar-refractivity contribution is 6.77. The van der Waals surface area contributed by atoms with Crippen LogP contribution in [0.5, 0.6) is 0 Å². The van der Waals surface area contributed by atoms with Crippen molar-refractivity contribution in [2.24, 2.45) is 22.7 Å². The molecule has 0 aromatic rings. The van der Waals surface area contributed by atoms with Crippen LogP contribution in [-0.4, -0.2) is 39.7 Å². The summed E-state index contributed by atoms with van der Waals surface area (Å²) >= 11 is 0. The molecule has 0 aromatic carbocycles. The Hall–Kier alpha value is -0.233. The van der Waals surface area contributed by atoms with Gasteiger partial charge in [-0.1, -0.05) is 55.4 Å². The van der Waals surface area contributed by atoms with Crippen LogP contribution in [0.4, 0.5) is 0 Å². The molecule has 0 radical (unpaired) electrons. The summed E-state index contributed by atoms with van der Waals surface area (Å²) in [5, 5.41) is 0. The smallest absolute Gasteiger partial charge is 0.200 e. The molecule has 3 rings (SSSR count). The van der Waals surface area contributed by atoms with Crippen LogP contribution in [0, 0.1) is 22.7 Å². The maximum absolute atomic E-state index is 13.5. The molecule has 3 aliphatic rings. The Labute approximate surface area is 192 Å². The molecule has 1 spiro atoms. The molecule has 1 aliphatic heterocycles. The molecule has 0 bridgehead atoms. The molecule has 3 fully saturated rings. The Morgan fingerprint density at radius 3 is 2.10 bits per heavy atom. The molecule has 2 saturated carbocycles. The van der Waals surface area contributed by atoms with Crippen molar-refractivity contribution in [2.75, 3.05) is 19.8 Å². The summed E-state index contributed by atoms with van der Waals surface area (Å²) in [5.74, 6) is 0.272. The van der Waals surface area contributed by atoms with Gasteiger partial charge in [-0.05, 0) is 60.1 Å². The van der Waals surface area contributed by atoms with Gasteiger partial charge in [0.2, 0.25) is 0 Å². The molecule has 1 heterocycles. The minimum absolute atomic E-state index is 0.0521. The van der Waals surface area contributed by atoms with Gasteiger partial charge in [-0.15, -0.1) is 0 Å². The SMILES string of the molecule is CC(C)[Si](OCC[C@]1(C)[C@H]2CCCC3(OCCO3)[C@]2(C)C(=O)C[C@@H]1C)(C(C)C)C(C)C. The first-order chi connectivity index (χ1) is 14.4. The predicted octanol–water partition coefficient (Wildman–Crippen LogP) is 6.73. The standard InChI is InChI=1S/C26H48O4Si/c1-18(2)31(19(3)4,20(5)6)30-14-13-24(8)21(7)17-23(27)25(9)22(24)11-10-12-26(25)28-15-16-29-26/h18-22H,10-17H2,1-9H3/t21-,22+,24-,25-/m0/s1. The number of ketones is 1. The fourth-order valence-electron chi connectivity index (χ4n) is 8.08. The number of ether oxygens (including phenoxy) is 2. The average Bonchev–Trinajstić information content (AvgIpc) is 3.15. The van der Waals surface area contributed by atoms with Crippen molar-refractivity contribution in [3.63, 3.8) is 0 Å². The zero-order valence-electron chi connectivity index (χ0n) is 21.7. The van der Waals surface area contributed by atoms with Crippen molar-refractivity contribution >= 4 is 14.1 Å². The zero-order valence-corrected chi connectivity index (χ0v) is 22.7. The molecular weight excluding hydrogens is 404 g/mol. The van der Waals surface area contributed by atoms with Crippen LogP contribution in [0.2, 0.25) is 16.6 Å². The third kappa shape index (κ3) is 3.70.